The largest absolute Gasteiger partial charge is 0.480 e. The number of carbonyl (C=O) groups is 3. The molecule has 0 radical (unpaired) electrons. The van der Waals surface area contributed by atoms with Crippen LogP contribution < -0.4 is 5.32 Å². The summed E-state index contributed by atoms with van der Waals surface area (Å²) in [6, 6.07) is -0.458. The Morgan fingerprint density at radius 2 is 1.38 bits per heavy atom. The highest BCUT2D eigenvalue weighted by molar-refractivity contribution is 7.80. The van der Waals surface area contributed by atoms with E-state index in [0.29, 0.717) is 31.5 Å². The highest BCUT2D eigenvalue weighted by Gasteiger charge is 2.30. The van der Waals surface area contributed by atoms with Gasteiger partial charge in [0.25, 0.3) is 0 Å². The Hall–Kier alpha value is -1.98. The fraction of sp³-hybridized carbons (Fsp3) is 0.833. The zero-order valence-corrected chi connectivity index (χ0v) is 23.6. The molecule has 39 heavy (non-hydrogen) atoms. The maximum absolute atomic E-state index is 11.7. The lowest BCUT2D eigenvalue weighted by molar-refractivity contribution is -0.253. The van der Waals surface area contributed by atoms with E-state index >= 15 is 0 Å². The van der Waals surface area contributed by atoms with Crippen LogP contribution in [-0.2, 0) is 24.2 Å². The lowest BCUT2D eigenvalue weighted by Crippen LogP contribution is -2.52. The zero-order valence-electron chi connectivity index (χ0n) is 22.7. The van der Waals surface area contributed by atoms with Crippen molar-refractivity contribution in [1.29, 1.82) is 0 Å². The third-order valence-electron chi connectivity index (χ3n) is 6.97. The molecule has 1 rings (SSSR count). The molecule has 14 nitrogen and oxygen atoms in total. The molecule has 0 aliphatic heterocycles. The summed E-state index contributed by atoms with van der Waals surface area (Å²) in [5, 5.41) is 49.3. The maximum atomic E-state index is 11.7. The van der Waals surface area contributed by atoms with Crippen molar-refractivity contribution < 1.29 is 50.0 Å². The predicted molar refractivity (Wildman–Crippen MR) is 145 cm³/mol. The zero-order chi connectivity index (χ0) is 29.4. The summed E-state index contributed by atoms with van der Waals surface area (Å²) in [4.78, 5) is 48.6. The van der Waals surface area contributed by atoms with Gasteiger partial charge in [-0.3, -0.25) is 39.6 Å². The molecule has 6 N–H and O–H groups in total. The fourth-order valence-electron chi connectivity index (χ4n) is 5.24. The smallest absolute Gasteiger partial charge is 0.317 e. The molecule has 1 fully saturated rings. The van der Waals surface area contributed by atoms with E-state index in [4.69, 9.17) is 22.7 Å². The molecule has 0 spiro atoms. The molecule has 0 aromatic rings. The Labute approximate surface area is 234 Å². The first-order chi connectivity index (χ1) is 18.4. The van der Waals surface area contributed by atoms with E-state index in [1.807, 2.05) is 11.8 Å². The first-order valence-electron chi connectivity index (χ1n) is 13.1. The first kappa shape index (κ1) is 35.0. The van der Waals surface area contributed by atoms with Gasteiger partial charge in [-0.25, -0.2) is 9.78 Å². The third kappa shape index (κ3) is 15.4. The molecule has 15 heteroatoms. The van der Waals surface area contributed by atoms with Crippen LogP contribution in [0.3, 0.4) is 0 Å². The molecule has 1 aliphatic carbocycles. The number of hydrogen-bond acceptors (Lipinski definition) is 11. The lowest BCUT2D eigenvalue weighted by Gasteiger charge is -2.39. The van der Waals surface area contributed by atoms with Crippen LogP contribution in [0.1, 0.15) is 46.0 Å². The molecule has 0 aromatic carbocycles. The van der Waals surface area contributed by atoms with Crippen molar-refractivity contribution in [3.63, 3.8) is 0 Å². The Kier molecular flexibility index (Phi) is 17.2. The maximum Gasteiger partial charge on any atom is 0.317 e. The van der Waals surface area contributed by atoms with E-state index in [2.05, 4.69) is 15.1 Å². The molecule has 0 saturated heterocycles. The van der Waals surface area contributed by atoms with Crippen molar-refractivity contribution in [2.24, 2.45) is 5.92 Å². The van der Waals surface area contributed by atoms with Crippen LogP contribution >= 0.6 is 12.2 Å². The van der Waals surface area contributed by atoms with Crippen LogP contribution in [0.4, 0.5) is 0 Å². The first-order valence-corrected chi connectivity index (χ1v) is 13.5. The molecule has 1 aliphatic rings. The summed E-state index contributed by atoms with van der Waals surface area (Å²) in [6.07, 6.45) is 4.48. The molecule has 0 amide bonds. The summed E-state index contributed by atoms with van der Waals surface area (Å²) in [7, 11) is 0. The summed E-state index contributed by atoms with van der Waals surface area (Å²) in [6.45, 7) is 3.17. The van der Waals surface area contributed by atoms with Crippen molar-refractivity contribution in [2.45, 2.75) is 64.1 Å². The second-order valence-electron chi connectivity index (χ2n) is 10.1. The number of hydrogen-bond donors (Lipinski definition) is 6. The van der Waals surface area contributed by atoms with Crippen molar-refractivity contribution in [1.82, 2.24) is 20.0 Å². The van der Waals surface area contributed by atoms with E-state index < -0.39 is 37.0 Å². The summed E-state index contributed by atoms with van der Waals surface area (Å²) in [5.41, 5.74) is 0. The van der Waals surface area contributed by atoms with Gasteiger partial charge in [0.15, 0.2) is 0 Å². The highest BCUT2D eigenvalue weighted by Crippen LogP contribution is 2.29. The van der Waals surface area contributed by atoms with Gasteiger partial charge in [-0.15, -0.1) is 0 Å². The van der Waals surface area contributed by atoms with Gasteiger partial charge >= 0.3 is 17.9 Å². The predicted octanol–water partition coefficient (Wildman–Crippen LogP) is 0.768. The second-order valence-corrected chi connectivity index (χ2v) is 10.8. The van der Waals surface area contributed by atoms with Gasteiger partial charge in [0, 0.05) is 44.3 Å². The average Bonchev–Trinajstić information content (AvgIpc) is 2.83. The number of nitrogens with zero attached hydrogens (tertiary/aromatic N) is 3. The Morgan fingerprint density at radius 1 is 0.872 bits per heavy atom. The summed E-state index contributed by atoms with van der Waals surface area (Å²) >= 11 is 5.17. The van der Waals surface area contributed by atoms with Crippen LogP contribution in [0.2, 0.25) is 0 Å². The van der Waals surface area contributed by atoms with Crippen molar-refractivity contribution in [3.8, 4) is 0 Å². The fourth-order valence-corrected chi connectivity index (χ4v) is 5.41. The quantitative estimate of drug-likeness (QED) is 0.0633. The van der Waals surface area contributed by atoms with Crippen molar-refractivity contribution >= 4 is 35.1 Å². The molecule has 0 heterocycles. The Bertz CT molecular complexity index is 745. The van der Waals surface area contributed by atoms with E-state index in [1.54, 1.807) is 11.8 Å². The molecule has 1 saturated carbocycles. The van der Waals surface area contributed by atoms with E-state index in [1.165, 1.54) is 4.90 Å². The molecule has 0 aromatic heterocycles. The standard InChI is InChI=1S/C24H44N4O10S/c1-17(28(15-23(31)32)16-24(33)34)12-26(14-22(29)30)13-21(27(7-9-37-35)8-10-38-36)11-19-3-5-20(6-4-19)25-18(2)39/h17,19-21,35-36H,3-16H2,1-2H3,(H,25,39)(H,29,30)(H,31,32)(H,33,34). The van der Waals surface area contributed by atoms with Gasteiger partial charge in [-0.05, 0) is 51.9 Å². The highest BCUT2D eigenvalue weighted by atomic mass is 32.1. The molecular formula is C24H44N4O10S. The average molecular weight is 581 g/mol. The van der Waals surface area contributed by atoms with Crippen molar-refractivity contribution in [3.05, 3.63) is 0 Å². The number of carboxylic acids is 3. The number of thiocarbonyl (C=S) groups is 1. The van der Waals surface area contributed by atoms with Crippen LogP contribution in [0.15, 0.2) is 0 Å². The Morgan fingerprint density at radius 3 is 1.82 bits per heavy atom. The Balaban J connectivity index is 3.11. The number of aliphatic carboxylic acids is 3. The minimum atomic E-state index is -1.18. The molecular weight excluding hydrogens is 536 g/mol. The number of carboxylic acid groups (broad SMARTS) is 3. The van der Waals surface area contributed by atoms with Crippen LogP contribution in [0.5, 0.6) is 0 Å². The number of nitrogens with one attached hydrogen (secondary N) is 1. The molecule has 2 unspecified atom stereocenters. The van der Waals surface area contributed by atoms with E-state index in [9.17, 15) is 29.7 Å². The minimum Gasteiger partial charge on any atom is -0.480 e. The molecule has 0 bridgehead atoms. The summed E-state index contributed by atoms with van der Waals surface area (Å²) < 4.78 is 0. The van der Waals surface area contributed by atoms with Gasteiger partial charge in [-0.1, -0.05) is 12.2 Å². The normalized spacial score (nSPS) is 19.3. The minimum absolute atomic E-state index is 0.00707. The van der Waals surface area contributed by atoms with Gasteiger partial charge < -0.3 is 20.6 Å². The summed E-state index contributed by atoms with van der Waals surface area (Å²) in [5.74, 6) is -3.10. The second kappa shape index (κ2) is 19.2. The molecule has 226 valence electrons. The van der Waals surface area contributed by atoms with E-state index in [-0.39, 0.29) is 38.9 Å². The third-order valence-corrected chi connectivity index (χ3v) is 7.08. The number of rotatable bonds is 21. The SMILES string of the molecule is CC(=S)NC1CCC(CC(CN(CC(=O)O)CC(C)N(CC(=O)O)CC(=O)O)N(CCOO)CCOO)CC1. The molecule has 2 atom stereocenters. The van der Waals surface area contributed by atoms with Gasteiger partial charge in [0.2, 0.25) is 0 Å². The van der Waals surface area contributed by atoms with Crippen LogP contribution in [-0.4, -0.2) is 141 Å². The lowest BCUT2D eigenvalue weighted by atomic mass is 9.82. The van der Waals surface area contributed by atoms with Gasteiger partial charge in [0.05, 0.1) is 37.8 Å². The van der Waals surface area contributed by atoms with E-state index in [0.717, 1.165) is 30.7 Å². The van der Waals surface area contributed by atoms with Crippen LogP contribution in [0, 0.1) is 5.92 Å². The topological polar surface area (TPSA) is 193 Å². The van der Waals surface area contributed by atoms with Gasteiger partial charge in [0.1, 0.15) is 0 Å². The van der Waals surface area contributed by atoms with Crippen LogP contribution in [0.25, 0.3) is 0 Å². The van der Waals surface area contributed by atoms with Gasteiger partial charge in [-0.2, -0.15) is 0 Å². The monoisotopic (exact) mass is 580 g/mol. The van der Waals surface area contributed by atoms with Crippen molar-refractivity contribution in [2.75, 3.05) is 59.0 Å².